The molecule has 0 atom stereocenters. The summed E-state index contributed by atoms with van der Waals surface area (Å²) in [6, 6.07) is 9.92. The SMILES string of the molecule is O=C(NCCC1=CCCCC1)c1ccc2cc(-c3n[nH]c4ccsc34)[nH]c2c1. The van der Waals surface area contributed by atoms with Gasteiger partial charge in [0.05, 0.1) is 15.9 Å². The van der Waals surface area contributed by atoms with E-state index in [9.17, 15) is 4.79 Å². The molecule has 1 aliphatic rings. The second kappa shape index (κ2) is 7.28. The summed E-state index contributed by atoms with van der Waals surface area (Å²) in [7, 11) is 0. The summed E-state index contributed by atoms with van der Waals surface area (Å²) < 4.78 is 1.14. The molecule has 0 radical (unpaired) electrons. The number of nitrogens with zero attached hydrogens (tertiary/aromatic N) is 1. The van der Waals surface area contributed by atoms with Crippen molar-refractivity contribution >= 4 is 38.4 Å². The molecule has 3 aromatic heterocycles. The van der Waals surface area contributed by atoms with E-state index in [2.05, 4.69) is 38.0 Å². The summed E-state index contributed by atoms with van der Waals surface area (Å²) in [5.41, 5.74) is 6.05. The van der Waals surface area contributed by atoms with Gasteiger partial charge in [0.1, 0.15) is 5.69 Å². The Morgan fingerprint density at radius 2 is 2.14 bits per heavy atom. The Kier molecular flexibility index (Phi) is 4.49. The number of hydrogen-bond donors (Lipinski definition) is 3. The van der Waals surface area contributed by atoms with Gasteiger partial charge < -0.3 is 10.3 Å². The molecule has 3 N–H and O–H groups in total. The number of aromatic nitrogens is 3. The average Bonchev–Trinajstić information content (AvgIpc) is 3.43. The molecule has 5 nitrogen and oxygen atoms in total. The number of amides is 1. The number of benzene rings is 1. The lowest BCUT2D eigenvalue weighted by atomic mass is 9.97. The van der Waals surface area contributed by atoms with Gasteiger partial charge in [-0.15, -0.1) is 11.3 Å². The number of rotatable bonds is 5. The molecular formula is C22H22N4OS. The van der Waals surface area contributed by atoms with Gasteiger partial charge in [0.2, 0.25) is 0 Å². The molecule has 5 rings (SSSR count). The Morgan fingerprint density at radius 3 is 3.04 bits per heavy atom. The zero-order valence-electron chi connectivity index (χ0n) is 15.5. The first kappa shape index (κ1) is 17.3. The topological polar surface area (TPSA) is 73.6 Å². The first-order valence-corrected chi connectivity index (χ1v) is 10.7. The highest BCUT2D eigenvalue weighted by atomic mass is 32.1. The van der Waals surface area contributed by atoms with Crippen LogP contribution >= 0.6 is 11.3 Å². The summed E-state index contributed by atoms with van der Waals surface area (Å²) in [6.07, 6.45) is 8.22. The van der Waals surface area contributed by atoms with Crippen LogP contribution < -0.4 is 5.32 Å². The van der Waals surface area contributed by atoms with Crippen LogP contribution in [-0.2, 0) is 0 Å². The Bertz CT molecular complexity index is 1180. The summed E-state index contributed by atoms with van der Waals surface area (Å²) in [5, 5.41) is 13.7. The zero-order valence-corrected chi connectivity index (χ0v) is 16.4. The van der Waals surface area contributed by atoms with Gasteiger partial charge in [-0.2, -0.15) is 5.10 Å². The minimum Gasteiger partial charge on any atom is -0.353 e. The van der Waals surface area contributed by atoms with Crippen LogP contribution in [0, 0.1) is 0 Å². The quantitative estimate of drug-likeness (QED) is 0.400. The molecule has 0 bridgehead atoms. The number of H-pyrrole nitrogens is 2. The lowest BCUT2D eigenvalue weighted by Gasteiger charge is -2.13. The minimum atomic E-state index is -0.0186. The molecule has 1 aromatic carbocycles. The molecule has 0 saturated carbocycles. The highest BCUT2D eigenvalue weighted by Crippen LogP contribution is 2.32. The van der Waals surface area contributed by atoms with Crippen molar-refractivity contribution in [1.82, 2.24) is 20.5 Å². The van der Waals surface area contributed by atoms with E-state index in [1.165, 1.54) is 31.3 Å². The van der Waals surface area contributed by atoms with Gasteiger partial charge in [0.15, 0.2) is 0 Å². The minimum absolute atomic E-state index is 0.0186. The number of fused-ring (bicyclic) bond motifs is 2. The van der Waals surface area contributed by atoms with Crippen molar-refractivity contribution in [2.75, 3.05) is 6.54 Å². The Hall–Kier alpha value is -2.86. The van der Waals surface area contributed by atoms with Crippen molar-refractivity contribution in [3.63, 3.8) is 0 Å². The second-order valence-electron chi connectivity index (χ2n) is 7.33. The number of carbonyl (C=O) groups excluding carboxylic acids is 1. The molecule has 6 heteroatoms. The Balaban J connectivity index is 1.32. The fourth-order valence-electron chi connectivity index (χ4n) is 3.90. The fourth-order valence-corrected chi connectivity index (χ4v) is 4.74. The number of allylic oxidation sites excluding steroid dienone is 1. The highest BCUT2D eigenvalue weighted by Gasteiger charge is 2.13. The Labute approximate surface area is 166 Å². The van der Waals surface area contributed by atoms with Crippen LogP contribution in [0.2, 0.25) is 0 Å². The predicted octanol–water partition coefficient (Wildman–Crippen LogP) is 5.39. The van der Waals surface area contributed by atoms with E-state index in [4.69, 9.17) is 0 Å². The molecule has 0 unspecified atom stereocenters. The molecule has 4 aromatic rings. The van der Waals surface area contributed by atoms with E-state index in [1.807, 2.05) is 24.3 Å². The molecule has 0 aliphatic heterocycles. The van der Waals surface area contributed by atoms with Gasteiger partial charge in [-0.05, 0) is 61.7 Å². The van der Waals surface area contributed by atoms with Gasteiger partial charge in [-0.1, -0.05) is 17.7 Å². The van der Waals surface area contributed by atoms with Crippen molar-refractivity contribution in [2.45, 2.75) is 32.1 Å². The summed E-state index contributed by atoms with van der Waals surface area (Å²) in [6.45, 7) is 0.697. The third kappa shape index (κ3) is 3.24. The normalized spacial score (nSPS) is 14.5. The van der Waals surface area contributed by atoms with Gasteiger partial charge in [-0.25, -0.2) is 0 Å². The van der Waals surface area contributed by atoms with Crippen LogP contribution in [-0.4, -0.2) is 27.6 Å². The van der Waals surface area contributed by atoms with Crippen molar-refractivity contribution in [2.24, 2.45) is 0 Å². The molecule has 0 saturated heterocycles. The third-order valence-corrected chi connectivity index (χ3v) is 6.35. The molecule has 142 valence electrons. The molecule has 3 heterocycles. The van der Waals surface area contributed by atoms with Crippen LogP contribution in [0.3, 0.4) is 0 Å². The molecule has 0 spiro atoms. The predicted molar refractivity (Wildman–Crippen MR) is 115 cm³/mol. The summed E-state index contributed by atoms with van der Waals surface area (Å²) in [4.78, 5) is 16.0. The molecule has 1 aliphatic carbocycles. The van der Waals surface area contributed by atoms with Crippen LogP contribution in [0.5, 0.6) is 0 Å². The lowest BCUT2D eigenvalue weighted by Crippen LogP contribution is -2.24. The van der Waals surface area contributed by atoms with E-state index in [-0.39, 0.29) is 5.91 Å². The zero-order chi connectivity index (χ0) is 18.9. The van der Waals surface area contributed by atoms with Crippen molar-refractivity contribution in [1.29, 1.82) is 0 Å². The molecule has 0 fully saturated rings. The average molecular weight is 391 g/mol. The van der Waals surface area contributed by atoms with Crippen molar-refractivity contribution in [3.8, 4) is 11.4 Å². The van der Waals surface area contributed by atoms with Gasteiger partial charge in [-0.3, -0.25) is 9.89 Å². The smallest absolute Gasteiger partial charge is 0.251 e. The fraction of sp³-hybridized carbons (Fsp3) is 0.273. The molecule has 1 amide bonds. The van der Waals surface area contributed by atoms with Crippen LogP contribution in [0.4, 0.5) is 0 Å². The van der Waals surface area contributed by atoms with E-state index < -0.39 is 0 Å². The lowest BCUT2D eigenvalue weighted by molar-refractivity contribution is 0.0954. The standard InChI is InChI=1S/C22H22N4OS/c27-22(23-10-8-14-4-2-1-3-5-14)16-7-6-15-12-19(24-18(15)13-16)20-21-17(25-26-20)9-11-28-21/h4,6-7,9,11-13,24H,1-3,5,8,10H2,(H,23,27)(H,25,26). The van der Waals surface area contributed by atoms with E-state index in [0.717, 1.165) is 38.9 Å². The van der Waals surface area contributed by atoms with Gasteiger partial charge >= 0.3 is 0 Å². The maximum atomic E-state index is 12.5. The molecule has 28 heavy (non-hydrogen) atoms. The van der Waals surface area contributed by atoms with Crippen molar-refractivity contribution in [3.05, 3.63) is 52.9 Å². The number of hydrogen-bond acceptors (Lipinski definition) is 3. The van der Waals surface area contributed by atoms with Crippen molar-refractivity contribution < 1.29 is 4.79 Å². The number of thiophene rings is 1. The molecular weight excluding hydrogens is 368 g/mol. The van der Waals surface area contributed by atoms with E-state index in [1.54, 1.807) is 11.3 Å². The summed E-state index contributed by atoms with van der Waals surface area (Å²) in [5.74, 6) is -0.0186. The van der Waals surface area contributed by atoms with Crippen LogP contribution in [0.1, 0.15) is 42.5 Å². The first-order valence-electron chi connectivity index (χ1n) is 9.79. The third-order valence-electron chi connectivity index (χ3n) is 5.42. The number of aromatic amines is 2. The van der Waals surface area contributed by atoms with Crippen LogP contribution in [0.15, 0.2) is 47.4 Å². The maximum Gasteiger partial charge on any atom is 0.251 e. The summed E-state index contributed by atoms with van der Waals surface area (Å²) >= 11 is 1.67. The van der Waals surface area contributed by atoms with E-state index >= 15 is 0 Å². The highest BCUT2D eigenvalue weighted by molar-refractivity contribution is 7.17. The van der Waals surface area contributed by atoms with Gasteiger partial charge in [0, 0.05) is 23.0 Å². The second-order valence-corrected chi connectivity index (χ2v) is 8.25. The largest absolute Gasteiger partial charge is 0.353 e. The van der Waals surface area contributed by atoms with Gasteiger partial charge in [0.25, 0.3) is 5.91 Å². The monoisotopic (exact) mass is 390 g/mol. The maximum absolute atomic E-state index is 12.5. The number of nitrogens with one attached hydrogen (secondary N) is 3. The van der Waals surface area contributed by atoms with Crippen LogP contribution in [0.25, 0.3) is 32.5 Å². The Morgan fingerprint density at radius 1 is 1.18 bits per heavy atom. The van der Waals surface area contributed by atoms with E-state index in [0.29, 0.717) is 12.1 Å². The number of carbonyl (C=O) groups is 1. The first-order chi connectivity index (χ1) is 13.8.